The molecule has 0 N–H and O–H groups in total. The third-order valence-electron chi connectivity index (χ3n) is 1.13. The molecule has 0 radical (unpaired) electrons. The maximum absolute atomic E-state index is 10.5. The number of rotatable bonds is 1. The standard InChI is InChI=1S/C6H9N3O/c1-8(2)6-3-4-9(10)5-7-6/h3-5H,1-2H3. The monoisotopic (exact) mass is 139 g/mol. The Labute approximate surface area is 59.3 Å². The molecule has 1 heterocycles. The van der Waals surface area contributed by atoms with Crippen LogP contribution in [0, 0.1) is 5.21 Å². The van der Waals surface area contributed by atoms with Crippen molar-refractivity contribution in [3.05, 3.63) is 23.8 Å². The first-order chi connectivity index (χ1) is 4.70. The largest absolute Gasteiger partial charge is 0.711 e. The highest BCUT2D eigenvalue weighted by Gasteiger charge is 1.99. The Morgan fingerprint density at radius 1 is 1.60 bits per heavy atom. The highest BCUT2D eigenvalue weighted by molar-refractivity contribution is 5.32. The quantitative estimate of drug-likeness (QED) is 0.399. The van der Waals surface area contributed by atoms with Crippen LogP contribution in [-0.2, 0) is 0 Å². The van der Waals surface area contributed by atoms with Crippen LogP contribution in [0.25, 0.3) is 0 Å². The normalized spacial score (nSPS) is 9.40. The lowest BCUT2D eigenvalue weighted by Gasteiger charge is -2.05. The van der Waals surface area contributed by atoms with Gasteiger partial charge in [0, 0.05) is 20.2 Å². The van der Waals surface area contributed by atoms with E-state index in [0.29, 0.717) is 4.73 Å². The van der Waals surface area contributed by atoms with Crippen LogP contribution in [0.5, 0.6) is 0 Å². The molecular formula is C6H9N3O. The van der Waals surface area contributed by atoms with Gasteiger partial charge in [-0.25, -0.2) is 4.73 Å². The molecule has 1 aromatic rings. The van der Waals surface area contributed by atoms with Crippen molar-refractivity contribution in [1.29, 1.82) is 0 Å². The van der Waals surface area contributed by atoms with Gasteiger partial charge in [-0.15, -0.1) is 0 Å². The molecule has 4 heteroatoms. The molecule has 0 bridgehead atoms. The second kappa shape index (κ2) is 2.51. The minimum atomic E-state index is 0.660. The number of anilines is 1. The molecule has 0 aliphatic rings. The van der Waals surface area contributed by atoms with Crippen LogP contribution in [0.1, 0.15) is 0 Å². The van der Waals surface area contributed by atoms with Gasteiger partial charge in [-0.1, -0.05) is 0 Å². The van der Waals surface area contributed by atoms with Gasteiger partial charge in [0.2, 0.25) is 5.82 Å². The van der Waals surface area contributed by atoms with E-state index < -0.39 is 0 Å². The number of hydrogen-bond acceptors (Lipinski definition) is 3. The van der Waals surface area contributed by atoms with E-state index in [1.54, 1.807) is 6.07 Å². The molecule has 0 spiro atoms. The number of nitrogens with zero attached hydrogens (tertiary/aromatic N) is 3. The fraction of sp³-hybridized carbons (Fsp3) is 0.333. The van der Waals surface area contributed by atoms with E-state index in [-0.39, 0.29) is 0 Å². The van der Waals surface area contributed by atoms with Crippen molar-refractivity contribution in [3.63, 3.8) is 0 Å². The van der Waals surface area contributed by atoms with Crippen LogP contribution in [0.15, 0.2) is 18.6 Å². The van der Waals surface area contributed by atoms with E-state index in [4.69, 9.17) is 0 Å². The Bertz CT molecular complexity index is 207. The molecule has 0 amide bonds. The lowest BCUT2D eigenvalue weighted by molar-refractivity contribution is -0.608. The molecule has 0 saturated heterocycles. The summed E-state index contributed by atoms with van der Waals surface area (Å²) in [6.45, 7) is 0. The van der Waals surface area contributed by atoms with Crippen molar-refractivity contribution in [2.24, 2.45) is 0 Å². The first-order valence-electron chi connectivity index (χ1n) is 2.92. The molecule has 1 rings (SSSR count). The SMILES string of the molecule is CN(C)c1cc[n+]([O-])cn1. The summed E-state index contributed by atoms with van der Waals surface area (Å²) in [7, 11) is 3.74. The summed E-state index contributed by atoms with van der Waals surface area (Å²) in [5.74, 6) is 0.784. The summed E-state index contributed by atoms with van der Waals surface area (Å²) in [4.78, 5) is 5.69. The van der Waals surface area contributed by atoms with Crippen molar-refractivity contribution in [1.82, 2.24) is 4.98 Å². The molecule has 0 unspecified atom stereocenters. The minimum Gasteiger partial charge on any atom is -0.711 e. The Hall–Kier alpha value is -1.32. The maximum Gasteiger partial charge on any atom is 0.291 e. The number of hydrogen-bond donors (Lipinski definition) is 0. The van der Waals surface area contributed by atoms with E-state index in [1.165, 1.54) is 12.5 Å². The van der Waals surface area contributed by atoms with Gasteiger partial charge >= 0.3 is 0 Å². The molecule has 0 saturated carbocycles. The van der Waals surface area contributed by atoms with Crippen LogP contribution in [-0.4, -0.2) is 19.1 Å². The number of aromatic nitrogens is 2. The minimum absolute atomic E-state index is 0.660. The van der Waals surface area contributed by atoms with E-state index in [9.17, 15) is 5.21 Å². The molecule has 10 heavy (non-hydrogen) atoms. The van der Waals surface area contributed by atoms with Gasteiger partial charge in [-0.05, 0) is 4.98 Å². The van der Waals surface area contributed by atoms with E-state index >= 15 is 0 Å². The molecular weight excluding hydrogens is 130 g/mol. The summed E-state index contributed by atoms with van der Waals surface area (Å²) in [5.41, 5.74) is 0. The second-order valence-electron chi connectivity index (χ2n) is 2.17. The topological polar surface area (TPSA) is 43.1 Å². The van der Waals surface area contributed by atoms with Crippen molar-refractivity contribution in [3.8, 4) is 0 Å². The second-order valence-corrected chi connectivity index (χ2v) is 2.17. The van der Waals surface area contributed by atoms with Crippen molar-refractivity contribution in [2.45, 2.75) is 0 Å². The first kappa shape index (κ1) is 6.80. The summed E-state index contributed by atoms with van der Waals surface area (Å²) in [6, 6.07) is 1.66. The van der Waals surface area contributed by atoms with Gasteiger partial charge in [0.05, 0.1) is 6.20 Å². The summed E-state index contributed by atoms with van der Waals surface area (Å²) in [5, 5.41) is 10.5. The maximum atomic E-state index is 10.5. The van der Waals surface area contributed by atoms with Crippen molar-refractivity contribution < 1.29 is 4.73 Å². The third kappa shape index (κ3) is 1.34. The van der Waals surface area contributed by atoms with Crippen LogP contribution in [0.2, 0.25) is 0 Å². The predicted molar refractivity (Wildman–Crippen MR) is 37.5 cm³/mol. The molecule has 0 aliphatic carbocycles. The van der Waals surface area contributed by atoms with E-state index in [2.05, 4.69) is 4.98 Å². The highest BCUT2D eigenvalue weighted by atomic mass is 16.5. The lowest BCUT2D eigenvalue weighted by atomic mass is 10.5. The molecule has 0 aliphatic heterocycles. The summed E-state index contributed by atoms with van der Waals surface area (Å²) in [6.07, 6.45) is 2.65. The first-order valence-corrected chi connectivity index (χ1v) is 2.92. The Kier molecular flexibility index (Phi) is 1.71. The molecule has 0 fully saturated rings. The van der Waals surface area contributed by atoms with Gasteiger partial charge < -0.3 is 10.1 Å². The third-order valence-corrected chi connectivity index (χ3v) is 1.13. The lowest BCUT2D eigenvalue weighted by Crippen LogP contribution is -2.26. The summed E-state index contributed by atoms with van der Waals surface area (Å²) < 4.78 is 0.660. The fourth-order valence-electron chi connectivity index (χ4n) is 0.602. The van der Waals surface area contributed by atoms with Crippen LogP contribution in [0.3, 0.4) is 0 Å². The van der Waals surface area contributed by atoms with E-state index in [0.717, 1.165) is 5.82 Å². The Morgan fingerprint density at radius 2 is 2.30 bits per heavy atom. The molecule has 54 valence electrons. The molecule has 1 aromatic heterocycles. The average Bonchev–Trinajstić information content (AvgIpc) is 1.88. The Morgan fingerprint density at radius 3 is 2.70 bits per heavy atom. The van der Waals surface area contributed by atoms with Crippen molar-refractivity contribution in [2.75, 3.05) is 19.0 Å². The Balaban J connectivity index is 2.89. The molecule has 4 nitrogen and oxygen atoms in total. The van der Waals surface area contributed by atoms with Crippen LogP contribution in [0.4, 0.5) is 5.82 Å². The zero-order valence-corrected chi connectivity index (χ0v) is 5.98. The van der Waals surface area contributed by atoms with Gasteiger partial charge in [-0.2, -0.15) is 0 Å². The smallest absolute Gasteiger partial charge is 0.291 e. The summed E-state index contributed by atoms with van der Waals surface area (Å²) >= 11 is 0. The van der Waals surface area contributed by atoms with Gasteiger partial charge in [0.1, 0.15) is 0 Å². The van der Waals surface area contributed by atoms with Gasteiger partial charge in [0.25, 0.3) is 6.33 Å². The fourth-order valence-corrected chi connectivity index (χ4v) is 0.602. The predicted octanol–water partition coefficient (Wildman–Crippen LogP) is -0.219. The zero-order chi connectivity index (χ0) is 7.56. The van der Waals surface area contributed by atoms with Gasteiger partial charge in [0.15, 0.2) is 0 Å². The van der Waals surface area contributed by atoms with Gasteiger partial charge in [-0.3, -0.25) is 0 Å². The van der Waals surface area contributed by atoms with E-state index in [1.807, 2.05) is 19.0 Å². The highest BCUT2D eigenvalue weighted by Crippen LogP contribution is 1.99. The van der Waals surface area contributed by atoms with Crippen molar-refractivity contribution >= 4 is 5.82 Å². The van der Waals surface area contributed by atoms with Crippen LogP contribution >= 0.6 is 0 Å². The zero-order valence-electron chi connectivity index (χ0n) is 5.98. The molecule has 0 atom stereocenters. The average molecular weight is 139 g/mol. The molecule has 0 aromatic carbocycles. The van der Waals surface area contributed by atoms with Crippen LogP contribution < -0.4 is 9.63 Å².